The standard InChI is InChI=1S/C7H5N2O2/c1-2-5-8-6-3-4-7(8)9(10)11/h1,4,6H,5H2. The monoisotopic (exact) mass is 149 g/mol. The lowest BCUT2D eigenvalue weighted by Gasteiger charge is -1.94. The van der Waals surface area contributed by atoms with Crippen LogP contribution in [0, 0.1) is 28.5 Å². The Hall–Kier alpha value is -1.76. The predicted molar refractivity (Wildman–Crippen MR) is 38.8 cm³/mol. The first-order chi connectivity index (χ1) is 5.25. The Labute approximate surface area is 63.6 Å². The Bertz CT molecular complexity index is 308. The molecule has 0 atom stereocenters. The zero-order chi connectivity index (χ0) is 8.27. The van der Waals surface area contributed by atoms with E-state index in [1.54, 1.807) is 0 Å². The van der Waals surface area contributed by atoms with Crippen LogP contribution in [0.25, 0.3) is 0 Å². The Morgan fingerprint density at radius 1 is 1.91 bits per heavy atom. The van der Waals surface area contributed by atoms with Crippen LogP contribution in [-0.2, 0) is 6.54 Å². The van der Waals surface area contributed by atoms with Crippen LogP contribution in [0.3, 0.4) is 0 Å². The van der Waals surface area contributed by atoms with E-state index in [2.05, 4.69) is 12.0 Å². The van der Waals surface area contributed by atoms with Crippen LogP contribution in [0.15, 0.2) is 12.3 Å². The molecule has 0 aliphatic rings. The van der Waals surface area contributed by atoms with Crippen LogP contribution in [0.1, 0.15) is 0 Å². The van der Waals surface area contributed by atoms with Gasteiger partial charge < -0.3 is 10.1 Å². The fourth-order valence-corrected chi connectivity index (χ4v) is 0.733. The van der Waals surface area contributed by atoms with Gasteiger partial charge in [0.05, 0.1) is 0 Å². The quantitative estimate of drug-likeness (QED) is 0.355. The second kappa shape index (κ2) is 2.88. The fraction of sp³-hybridized carbons (Fsp3) is 0.143. The van der Waals surface area contributed by atoms with Crippen molar-refractivity contribution in [3.8, 4) is 12.3 Å². The molecule has 0 unspecified atom stereocenters. The number of rotatable bonds is 2. The predicted octanol–water partition coefficient (Wildman–Crippen LogP) is 0.830. The van der Waals surface area contributed by atoms with Crippen molar-refractivity contribution < 1.29 is 4.92 Å². The van der Waals surface area contributed by atoms with Gasteiger partial charge in [0.15, 0.2) is 6.54 Å². The van der Waals surface area contributed by atoms with Gasteiger partial charge in [-0.05, 0) is 4.92 Å². The summed E-state index contributed by atoms with van der Waals surface area (Å²) in [4.78, 5) is 9.76. The minimum absolute atomic E-state index is 0.0250. The number of terminal acetylenes is 1. The first kappa shape index (κ1) is 7.35. The maximum absolute atomic E-state index is 10.3. The molecule has 4 nitrogen and oxygen atoms in total. The molecule has 1 heterocycles. The molecule has 0 bridgehead atoms. The average Bonchev–Trinajstić information content (AvgIpc) is 2.36. The van der Waals surface area contributed by atoms with E-state index in [0.717, 1.165) is 0 Å². The molecular formula is C7H5N2O2. The molecule has 1 aromatic heterocycles. The van der Waals surface area contributed by atoms with E-state index >= 15 is 0 Å². The highest BCUT2D eigenvalue weighted by atomic mass is 16.6. The van der Waals surface area contributed by atoms with Crippen LogP contribution >= 0.6 is 0 Å². The number of nitro groups is 1. The number of nitrogens with zero attached hydrogens (tertiary/aromatic N) is 2. The maximum atomic E-state index is 10.3. The van der Waals surface area contributed by atoms with Gasteiger partial charge in [-0.15, -0.1) is 6.42 Å². The molecule has 0 amide bonds. The van der Waals surface area contributed by atoms with Gasteiger partial charge >= 0.3 is 5.82 Å². The van der Waals surface area contributed by atoms with Gasteiger partial charge in [-0.2, -0.15) is 0 Å². The van der Waals surface area contributed by atoms with Crippen molar-refractivity contribution in [2.45, 2.75) is 6.54 Å². The third-order valence-electron chi connectivity index (χ3n) is 1.19. The average molecular weight is 149 g/mol. The van der Waals surface area contributed by atoms with Crippen LogP contribution < -0.4 is 0 Å². The summed E-state index contributed by atoms with van der Waals surface area (Å²) in [5.41, 5.74) is 0. The molecule has 0 aromatic carbocycles. The van der Waals surface area contributed by atoms with E-state index in [1.165, 1.54) is 16.8 Å². The molecule has 0 spiro atoms. The number of hydrogen-bond donors (Lipinski definition) is 0. The molecule has 0 saturated heterocycles. The third kappa shape index (κ3) is 1.38. The first-order valence-electron chi connectivity index (χ1n) is 2.90. The van der Waals surface area contributed by atoms with Crippen LogP contribution in [0.5, 0.6) is 0 Å². The summed E-state index contributed by atoms with van der Waals surface area (Å²) >= 11 is 0. The second-order valence-electron chi connectivity index (χ2n) is 1.89. The second-order valence-corrected chi connectivity index (χ2v) is 1.89. The fourth-order valence-electron chi connectivity index (χ4n) is 0.733. The van der Waals surface area contributed by atoms with Crippen molar-refractivity contribution in [3.05, 3.63) is 28.4 Å². The topological polar surface area (TPSA) is 48.1 Å². The highest BCUT2D eigenvalue weighted by molar-refractivity contribution is 5.21. The SMILES string of the molecule is C#CCn1c[c]cc1[N+](=O)[O-]. The van der Waals surface area contributed by atoms with Crippen LogP contribution in [-0.4, -0.2) is 9.49 Å². The minimum Gasteiger partial charge on any atom is -0.358 e. The van der Waals surface area contributed by atoms with E-state index in [0.29, 0.717) is 0 Å². The minimum atomic E-state index is -0.492. The maximum Gasteiger partial charge on any atom is 0.324 e. The highest BCUT2D eigenvalue weighted by Crippen LogP contribution is 2.09. The van der Waals surface area contributed by atoms with Crippen molar-refractivity contribution >= 4 is 5.82 Å². The van der Waals surface area contributed by atoms with E-state index < -0.39 is 4.92 Å². The Kier molecular flexibility index (Phi) is 1.93. The molecular weight excluding hydrogens is 144 g/mol. The summed E-state index contributed by atoms with van der Waals surface area (Å²) in [6, 6.07) is 3.88. The highest BCUT2D eigenvalue weighted by Gasteiger charge is 2.09. The van der Waals surface area contributed by atoms with Gasteiger partial charge in [0.2, 0.25) is 0 Å². The lowest BCUT2D eigenvalue weighted by atomic mass is 10.6. The molecule has 0 saturated carbocycles. The smallest absolute Gasteiger partial charge is 0.324 e. The normalized spacial score (nSPS) is 9.00. The molecule has 0 aliphatic heterocycles. The van der Waals surface area contributed by atoms with E-state index in [4.69, 9.17) is 6.42 Å². The molecule has 11 heavy (non-hydrogen) atoms. The Balaban J connectivity index is 2.98. The summed E-state index contributed by atoms with van der Waals surface area (Å²) in [5.74, 6) is 2.28. The van der Waals surface area contributed by atoms with Gasteiger partial charge in [-0.25, -0.2) is 4.57 Å². The molecule has 4 heteroatoms. The van der Waals surface area contributed by atoms with E-state index in [1.807, 2.05) is 0 Å². The van der Waals surface area contributed by atoms with Crippen molar-refractivity contribution in [2.24, 2.45) is 0 Å². The van der Waals surface area contributed by atoms with Crippen LogP contribution in [0.2, 0.25) is 0 Å². The van der Waals surface area contributed by atoms with E-state index in [9.17, 15) is 10.1 Å². The summed E-state index contributed by atoms with van der Waals surface area (Å²) in [7, 11) is 0. The molecule has 0 N–H and O–H groups in total. The van der Waals surface area contributed by atoms with Crippen molar-refractivity contribution in [1.82, 2.24) is 4.57 Å². The molecule has 0 aliphatic carbocycles. The third-order valence-corrected chi connectivity index (χ3v) is 1.19. The van der Waals surface area contributed by atoms with Crippen molar-refractivity contribution in [2.75, 3.05) is 0 Å². The summed E-state index contributed by atoms with van der Waals surface area (Å²) < 4.78 is 1.35. The zero-order valence-corrected chi connectivity index (χ0v) is 5.65. The number of hydrogen-bond acceptors (Lipinski definition) is 2. The van der Waals surface area contributed by atoms with Crippen molar-refractivity contribution in [1.29, 1.82) is 0 Å². The number of aromatic nitrogens is 1. The van der Waals surface area contributed by atoms with E-state index in [-0.39, 0.29) is 12.4 Å². The largest absolute Gasteiger partial charge is 0.358 e. The Morgan fingerprint density at radius 3 is 3.18 bits per heavy atom. The molecule has 1 rings (SSSR count). The zero-order valence-electron chi connectivity index (χ0n) is 5.65. The lowest BCUT2D eigenvalue weighted by molar-refractivity contribution is -0.391. The van der Waals surface area contributed by atoms with Gasteiger partial charge in [0.25, 0.3) is 0 Å². The summed E-state index contributed by atoms with van der Waals surface area (Å²) in [6.45, 7) is 0.208. The van der Waals surface area contributed by atoms with Gasteiger partial charge in [-0.3, -0.25) is 0 Å². The van der Waals surface area contributed by atoms with Gasteiger partial charge in [-0.1, -0.05) is 5.92 Å². The molecule has 0 fully saturated rings. The lowest BCUT2D eigenvalue weighted by Crippen LogP contribution is -1.99. The summed E-state index contributed by atoms with van der Waals surface area (Å²) in [6.07, 6.45) is 6.44. The van der Waals surface area contributed by atoms with Crippen LogP contribution in [0.4, 0.5) is 5.82 Å². The Morgan fingerprint density at radius 2 is 2.64 bits per heavy atom. The molecule has 55 valence electrons. The summed E-state index contributed by atoms with van der Waals surface area (Å²) in [5, 5.41) is 10.3. The van der Waals surface area contributed by atoms with Gasteiger partial charge in [0, 0.05) is 12.1 Å². The van der Waals surface area contributed by atoms with Gasteiger partial charge in [0.1, 0.15) is 6.20 Å². The molecule has 1 radical (unpaired) electrons. The first-order valence-corrected chi connectivity index (χ1v) is 2.90. The van der Waals surface area contributed by atoms with Crippen molar-refractivity contribution in [3.63, 3.8) is 0 Å². The molecule has 1 aromatic rings.